The molecule has 9 heteroatoms. The Morgan fingerprint density at radius 2 is 2.05 bits per heavy atom. The van der Waals surface area contributed by atoms with Crippen molar-refractivity contribution in [2.24, 2.45) is 5.92 Å². The minimum atomic E-state index is -5.03. The maximum absolute atomic E-state index is 13.5. The summed E-state index contributed by atoms with van der Waals surface area (Å²) in [4.78, 5) is 23.5. The molecule has 21 heavy (non-hydrogen) atoms. The largest absolute Gasteiger partial charge is 0.573 e. The molecule has 1 atom stereocenters. The number of carboxylic acids is 1. The third-order valence-electron chi connectivity index (χ3n) is 2.93. The second kappa shape index (κ2) is 5.23. The van der Waals surface area contributed by atoms with Gasteiger partial charge in [-0.15, -0.1) is 13.2 Å². The van der Waals surface area contributed by atoms with Crippen molar-refractivity contribution in [3.63, 3.8) is 0 Å². The van der Waals surface area contributed by atoms with Crippen molar-refractivity contribution in [2.75, 3.05) is 11.4 Å². The topological polar surface area (TPSA) is 66.8 Å². The molecule has 1 N–H and O–H groups in total. The fourth-order valence-corrected chi connectivity index (χ4v) is 1.99. The number of benzene rings is 1. The number of hydrogen-bond donors (Lipinski definition) is 1. The van der Waals surface area contributed by atoms with E-state index in [1.807, 2.05) is 0 Å². The number of carboxylic acid groups (broad SMARTS) is 1. The first-order chi connectivity index (χ1) is 9.67. The standard InChI is InChI=1S/C12H9F4NO4/c13-8-4-7(1-2-9(8)21-12(14,15)16)17-5-6(11(19)20)3-10(17)18/h1-2,4,6H,3,5H2,(H,19,20). The predicted molar refractivity (Wildman–Crippen MR) is 61.2 cm³/mol. The van der Waals surface area contributed by atoms with Gasteiger partial charge in [-0.2, -0.15) is 0 Å². The van der Waals surface area contributed by atoms with Crippen LogP contribution in [0, 0.1) is 11.7 Å². The van der Waals surface area contributed by atoms with Crippen LogP contribution in [0.2, 0.25) is 0 Å². The van der Waals surface area contributed by atoms with Crippen LogP contribution in [0.4, 0.5) is 23.2 Å². The van der Waals surface area contributed by atoms with Gasteiger partial charge in [-0.25, -0.2) is 4.39 Å². The second-order valence-electron chi connectivity index (χ2n) is 4.41. The number of nitrogens with zero attached hydrogens (tertiary/aromatic N) is 1. The number of carbonyl (C=O) groups is 2. The molecule has 1 heterocycles. The van der Waals surface area contributed by atoms with E-state index in [1.165, 1.54) is 0 Å². The molecule has 114 valence electrons. The average Bonchev–Trinajstić information content (AvgIpc) is 2.73. The lowest BCUT2D eigenvalue weighted by molar-refractivity contribution is -0.275. The first-order valence-electron chi connectivity index (χ1n) is 5.76. The SMILES string of the molecule is O=C(O)C1CC(=O)N(c2ccc(OC(F)(F)F)c(F)c2)C1. The maximum atomic E-state index is 13.5. The van der Waals surface area contributed by atoms with E-state index in [4.69, 9.17) is 5.11 Å². The minimum absolute atomic E-state index is 0.0178. The number of anilines is 1. The molecule has 0 bridgehead atoms. The zero-order chi connectivity index (χ0) is 15.8. The van der Waals surface area contributed by atoms with E-state index in [2.05, 4.69) is 4.74 Å². The van der Waals surface area contributed by atoms with Crippen molar-refractivity contribution in [3.8, 4) is 5.75 Å². The average molecular weight is 307 g/mol. The van der Waals surface area contributed by atoms with Crippen LogP contribution in [0.1, 0.15) is 6.42 Å². The summed E-state index contributed by atoms with van der Waals surface area (Å²) in [5.74, 6) is -4.94. The number of aliphatic carboxylic acids is 1. The van der Waals surface area contributed by atoms with Gasteiger partial charge in [-0.3, -0.25) is 9.59 Å². The summed E-state index contributed by atoms with van der Waals surface area (Å²) in [5, 5.41) is 8.82. The Kier molecular flexibility index (Phi) is 3.75. The number of halogens is 4. The number of amides is 1. The number of carbonyl (C=O) groups excluding carboxylic acids is 1. The third kappa shape index (κ3) is 3.41. The predicted octanol–water partition coefficient (Wildman–Crippen LogP) is 2.16. The molecule has 1 aromatic carbocycles. The van der Waals surface area contributed by atoms with Crippen LogP contribution in [0.5, 0.6) is 5.75 Å². The molecule has 1 saturated heterocycles. The van der Waals surface area contributed by atoms with E-state index >= 15 is 0 Å². The molecule has 2 rings (SSSR count). The van der Waals surface area contributed by atoms with Crippen molar-refractivity contribution in [1.82, 2.24) is 0 Å². The van der Waals surface area contributed by atoms with Gasteiger partial charge in [0.2, 0.25) is 5.91 Å². The first kappa shape index (κ1) is 15.1. The lowest BCUT2D eigenvalue weighted by atomic mass is 10.1. The molecule has 1 fully saturated rings. The number of alkyl halides is 3. The molecule has 0 spiro atoms. The number of hydrogen-bond acceptors (Lipinski definition) is 3. The van der Waals surface area contributed by atoms with Gasteiger partial charge in [0.25, 0.3) is 0 Å². The molecule has 0 aliphatic carbocycles. The summed E-state index contributed by atoms with van der Waals surface area (Å²) in [6.07, 6.45) is -5.27. The Morgan fingerprint density at radius 3 is 2.52 bits per heavy atom. The Balaban J connectivity index is 2.21. The first-order valence-corrected chi connectivity index (χ1v) is 5.76. The van der Waals surface area contributed by atoms with E-state index < -0.39 is 35.7 Å². The van der Waals surface area contributed by atoms with Crippen LogP contribution in [0.3, 0.4) is 0 Å². The number of ether oxygens (including phenoxy) is 1. The van der Waals surface area contributed by atoms with E-state index in [0.29, 0.717) is 6.07 Å². The molecule has 1 unspecified atom stereocenters. The molecular formula is C12H9F4NO4. The van der Waals surface area contributed by atoms with E-state index in [-0.39, 0.29) is 18.7 Å². The lowest BCUT2D eigenvalue weighted by Crippen LogP contribution is -2.26. The minimum Gasteiger partial charge on any atom is -0.481 e. The normalized spacial score (nSPS) is 19.0. The Hall–Kier alpha value is -2.32. The summed E-state index contributed by atoms with van der Waals surface area (Å²) in [6.45, 7) is -0.160. The van der Waals surface area contributed by atoms with Gasteiger partial charge >= 0.3 is 12.3 Å². The van der Waals surface area contributed by atoms with Crippen LogP contribution in [-0.2, 0) is 9.59 Å². The Labute approximate surface area is 115 Å². The highest BCUT2D eigenvalue weighted by Crippen LogP contribution is 2.31. The van der Waals surface area contributed by atoms with Crippen molar-refractivity contribution >= 4 is 17.6 Å². The monoisotopic (exact) mass is 307 g/mol. The summed E-state index contributed by atoms with van der Waals surface area (Å²) in [7, 11) is 0. The van der Waals surface area contributed by atoms with Crippen molar-refractivity contribution < 1.29 is 37.0 Å². The van der Waals surface area contributed by atoms with Crippen molar-refractivity contribution in [2.45, 2.75) is 12.8 Å². The summed E-state index contributed by atoms with van der Waals surface area (Å²) in [5.41, 5.74) is -0.0178. The fourth-order valence-electron chi connectivity index (χ4n) is 1.99. The second-order valence-corrected chi connectivity index (χ2v) is 4.41. The zero-order valence-electron chi connectivity index (χ0n) is 10.4. The van der Waals surface area contributed by atoms with Crippen molar-refractivity contribution in [1.29, 1.82) is 0 Å². The van der Waals surface area contributed by atoms with E-state index in [0.717, 1.165) is 17.0 Å². The maximum Gasteiger partial charge on any atom is 0.573 e. The quantitative estimate of drug-likeness (QED) is 0.869. The Morgan fingerprint density at radius 1 is 1.38 bits per heavy atom. The van der Waals surface area contributed by atoms with Crippen LogP contribution >= 0.6 is 0 Å². The highest BCUT2D eigenvalue weighted by atomic mass is 19.4. The molecule has 0 aromatic heterocycles. The molecule has 1 amide bonds. The molecule has 1 aromatic rings. The summed E-state index contributed by atoms with van der Waals surface area (Å²) < 4.78 is 53.0. The molecule has 0 saturated carbocycles. The van der Waals surface area contributed by atoms with Crippen LogP contribution in [0.15, 0.2) is 18.2 Å². The van der Waals surface area contributed by atoms with Crippen LogP contribution < -0.4 is 9.64 Å². The third-order valence-corrected chi connectivity index (χ3v) is 2.93. The fraction of sp³-hybridized carbons (Fsp3) is 0.333. The summed E-state index contributed by atoms with van der Waals surface area (Å²) in [6, 6.07) is 2.50. The smallest absolute Gasteiger partial charge is 0.481 e. The zero-order valence-corrected chi connectivity index (χ0v) is 10.4. The van der Waals surface area contributed by atoms with Crippen LogP contribution in [-0.4, -0.2) is 29.9 Å². The van der Waals surface area contributed by atoms with Gasteiger partial charge in [0.15, 0.2) is 11.6 Å². The highest BCUT2D eigenvalue weighted by molar-refractivity contribution is 5.99. The molecule has 1 aliphatic heterocycles. The molecule has 1 aliphatic rings. The van der Waals surface area contributed by atoms with Gasteiger partial charge in [-0.05, 0) is 12.1 Å². The number of rotatable bonds is 3. The van der Waals surface area contributed by atoms with Crippen LogP contribution in [0.25, 0.3) is 0 Å². The van der Waals surface area contributed by atoms with Gasteiger partial charge in [0.05, 0.1) is 5.92 Å². The van der Waals surface area contributed by atoms with Gasteiger partial charge in [0, 0.05) is 24.7 Å². The molecular weight excluding hydrogens is 298 g/mol. The molecule has 5 nitrogen and oxygen atoms in total. The van der Waals surface area contributed by atoms with Gasteiger partial charge in [0.1, 0.15) is 0 Å². The van der Waals surface area contributed by atoms with Crippen molar-refractivity contribution in [3.05, 3.63) is 24.0 Å². The van der Waals surface area contributed by atoms with E-state index in [9.17, 15) is 27.2 Å². The highest BCUT2D eigenvalue weighted by Gasteiger charge is 2.36. The summed E-state index contributed by atoms with van der Waals surface area (Å²) >= 11 is 0. The Bertz CT molecular complexity index is 587. The van der Waals surface area contributed by atoms with E-state index in [1.54, 1.807) is 0 Å². The van der Waals surface area contributed by atoms with Gasteiger partial charge < -0.3 is 14.7 Å². The van der Waals surface area contributed by atoms with Gasteiger partial charge in [-0.1, -0.05) is 0 Å². The lowest BCUT2D eigenvalue weighted by Gasteiger charge is -2.17. The molecule has 0 radical (unpaired) electrons.